The number of amides is 1. The first kappa shape index (κ1) is 43.3. The molecular weight excluding hydrogens is 552 g/mol. The number of aliphatic hydroxyl groups is 2. The lowest BCUT2D eigenvalue weighted by atomic mass is 10.1. The summed E-state index contributed by atoms with van der Waals surface area (Å²) < 4.78 is 11.9. The number of aliphatic hydroxyl groups excluding tert-OH is 2. The molecule has 0 aliphatic rings. The molecule has 2 atom stereocenters. The normalized spacial score (nSPS) is 13.3. The van der Waals surface area contributed by atoms with E-state index in [0.29, 0.717) is 50.2 Å². The van der Waals surface area contributed by atoms with Gasteiger partial charge in [0.25, 0.3) is 5.91 Å². The molecule has 44 heavy (non-hydrogen) atoms. The highest BCUT2D eigenvalue weighted by Gasteiger charge is 2.21. The fourth-order valence-electron chi connectivity index (χ4n) is 5.60. The van der Waals surface area contributed by atoms with E-state index >= 15 is 0 Å². The molecular formula is C37H77N2O5+. The van der Waals surface area contributed by atoms with Crippen molar-refractivity contribution in [2.24, 2.45) is 0 Å². The predicted octanol–water partition coefficient (Wildman–Crippen LogP) is 8.59. The molecule has 0 heterocycles. The molecule has 0 aliphatic heterocycles. The van der Waals surface area contributed by atoms with E-state index in [4.69, 9.17) is 9.47 Å². The maximum Gasteiger partial charge on any atom is 0.277 e. The largest absolute Gasteiger partial charge is 0.368 e. The van der Waals surface area contributed by atoms with Crippen molar-refractivity contribution in [1.82, 2.24) is 4.90 Å². The van der Waals surface area contributed by atoms with Crippen LogP contribution in [0.3, 0.4) is 0 Å². The van der Waals surface area contributed by atoms with Crippen LogP contribution in [0.15, 0.2) is 0 Å². The van der Waals surface area contributed by atoms with Crippen molar-refractivity contribution in [2.45, 2.75) is 181 Å². The minimum absolute atomic E-state index is 0.0319. The van der Waals surface area contributed by atoms with E-state index in [-0.39, 0.29) is 5.91 Å². The third-order valence-electron chi connectivity index (χ3n) is 8.41. The van der Waals surface area contributed by atoms with E-state index in [1.54, 1.807) is 4.90 Å². The van der Waals surface area contributed by atoms with Crippen molar-refractivity contribution >= 4 is 5.91 Å². The van der Waals surface area contributed by atoms with Gasteiger partial charge in [-0.2, -0.15) is 0 Å². The Kier molecular flexibility index (Phi) is 30.4. The zero-order valence-corrected chi connectivity index (χ0v) is 30.2. The molecule has 0 radical (unpaired) electrons. The molecule has 0 rings (SSSR count). The smallest absolute Gasteiger partial charge is 0.277 e. The number of quaternary nitrogens is 1. The molecule has 2 N–H and O–H groups in total. The number of nitrogens with zero attached hydrogens (tertiary/aromatic N) is 2. The molecule has 0 aromatic rings. The summed E-state index contributed by atoms with van der Waals surface area (Å²) in [4.78, 5) is 14.7. The molecule has 7 heteroatoms. The van der Waals surface area contributed by atoms with Gasteiger partial charge in [0.15, 0.2) is 19.1 Å². The summed E-state index contributed by atoms with van der Waals surface area (Å²) in [5, 5.41) is 20.6. The maximum absolute atomic E-state index is 13.0. The van der Waals surface area contributed by atoms with E-state index in [1.165, 1.54) is 116 Å². The van der Waals surface area contributed by atoms with Crippen LogP contribution < -0.4 is 0 Å². The Morgan fingerprint density at radius 2 is 0.841 bits per heavy atom. The van der Waals surface area contributed by atoms with Gasteiger partial charge in [-0.15, -0.1) is 0 Å². The summed E-state index contributed by atoms with van der Waals surface area (Å²) in [6, 6.07) is 0. The summed E-state index contributed by atoms with van der Waals surface area (Å²) in [7, 11) is 5.99. The summed E-state index contributed by atoms with van der Waals surface area (Å²) in [5.41, 5.74) is 0. The van der Waals surface area contributed by atoms with Crippen LogP contribution in [0.4, 0.5) is 0 Å². The van der Waals surface area contributed by atoms with Crippen molar-refractivity contribution in [1.29, 1.82) is 0 Å². The minimum Gasteiger partial charge on any atom is -0.368 e. The van der Waals surface area contributed by atoms with Crippen LogP contribution in [0.2, 0.25) is 0 Å². The van der Waals surface area contributed by atoms with Crippen molar-refractivity contribution in [3.05, 3.63) is 0 Å². The molecule has 1 amide bonds. The van der Waals surface area contributed by atoms with E-state index < -0.39 is 12.6 Å². The Bertz CT molecular complexity index is 575. The molecule has 0 spiro atoms. The number of hydrogen-bond donors (Lipinski definition) is 2. The lowest BCUT2D eigenvalue weighted by Gasteiger charge is -2.29. The van der Waals surface area contributed by atoms with Crippen LogP contribution in [0.1, 0.15) is 168 Å². The Labute approximate surface area is 274 Å². The monoisotopic (exact) mass is 630 g/mol. The average Bonchev–Trinajstić information content (AvgIpc) is 2.97. The third kappa shape index (κ3) is 31.3. The van der Waals surface area contributed by atoms with Crippen LogP contribution in [0.25, 0.3) is 0 Å². The van der Waals surface area contributed by atoms with Gasteiger partial charge in [0.2, 0.25) is 0 Å². The highest BCUT2D eigenvalue weighted by molar-refractivity contribution is 5.77. The molecule has 264 valence electrons. The Morgan fingerprint density at radius 3 is 1.14 bits per heavy atom. The zero-order valence-electron chi connectivity index (χ0n) is 30.2. The standard InChI is InChI=1S/C37H77N2O5/c1-6-8-10-12-14-16-18-20-22-24-26-28-36(41)43-32-30-38(35(40)34-39(3,4)5)31-33-44-37(42)29-27-25-23-21-19-17-15-13-11-9-7-2/h36-37,41-42H,6-34H2,1-5H3/q+1. The molecule has 0 aliphatic carbocycles. The number of rotatable bonds is 34. The second kappa shape index (κ2) is 30.9. The van der Waals surface area contributed by atoms with E-state index in [2.05, 4.69) is 13.8 Å². The Balaban J connectivity index is 4.06. The van der Waals surface area contributed by atoms with Gasteiger partial charge in [0.05, 0.1) is 34.4 Å². The van der Waals surface area contributed by atoms with Crippen LogP contribution >= 0.6 is 0 Å². The molecule has 0 aromatic heterocycles. The first-order valence-corrected chi connectivity index (χ1v) is 18.9. The number of carbonyl (C=O) groups is 1. The van der Waals surface area contributed by atoms with E-state index in [9.17, 15) is 15.0 Å². The van der Waals surface area contributed by atoms with Crippen molar-refractivity contribution < 1.29 is 29.0 Å². The predicted molar refractivity (Wildman–Crippen MR) is 186 cm³/mol. The maximum atomic E-state index is 13.0. The first-order chi connectivity index (χ1) is 21.2. The summed E-state index contributed by atoms with van der Waals surface area (Å²) >= 11 is 0. The Morgan fingerprint density at radius 1 is 0.545 bits per heavy atom. The fraction of sp³-hybridized carbons (Fsp3) is 0.973. The van der Waals surface area contributed by atoms with Gasteiger partial charge < -0.3 is 29.1 Å². The van der Waals surface area contributed by atoms with Gasteiger partial charge >= 0.3 is 0 Å². The fourth-order valence-corrected chi connectivity index (χ4v) is 5.60. The number of hydrogen-bond acceptors (Lipinski definition) is 5. The molecule has 0 aromatic carbocycles. The summed E-state index contributed by atoms with van der Waals surface area (Å²) in [6.07, 6.45) is 27.9. The van der Waals surface area contributed by atoms with Crippen LogP contribution in [-0.2, 0) is 14.3 Å². The van der Waals surface area contributed by atoms with Gasteiger partial charge in [-0.05, 0) is 25.7 Å². The molecule has 2 unspecified atom stereocenters. The molecule has 0 saturated carbocycles. The van der Waals surface area contributed by atoms with Crippen molar-refractivity contribution in [3.63, 3.8) is 0 Å². The summed E-state index contributed by atoms with van der Waals surface area (Å²) in [5.74, 6) is 0.0319. The highest BCUT2D eigenvalue weighted by atomic mass is 16.6. The van der Waals surface area contributed by atoms with Crippen molar-refractivity contribution in [2.75, 3.05) is 54.0 Å². The van der Waals surface area contributed by atoms with Crippen LogP contribution in [0.5, 0.6) is 0 Å². The van der Waals surface area contributed by atoms with Gasteiger partial charge in [0, 0.05) is 13.1 Å². The van der Waals surface area contributed by atoms with Crippen LogP contribution in [-0.4, -0.2) is 92.1 Å². The third-order valence-corrected chi connectivity index (χ3v) is 8.41. The highest BCUT2D eigenvalue weighted by Crippen LogP contribution is 2.14. The number of unbranched alkanes of at least 4 members (excludes halogenated alkanes) is 20. The number of carbonyl (C=O) groups excluding carboxylic acids is 1. The lowest BCUT2D eigenvalue weighted by Crippen LogP contribution is -2.48. The van der Waals surface area contributed by atoms with Gasteiger partial charge in [-0.25, -0.2) is 0 Å². The molecule has 0 fully saturated rings. The first-order valence-electron chi connectivity index (χ1n) is 18.9. The minimum atomic E-state index is -0.784. The lowest BCUT2D eigenvalue weighted by molar-refractivity contribution is -0.862. The second-order valence-electron chi connectivity index (χ2n) is 14.1. The number of likely N-dealkylation sites (N-methyl/N-ethyl adjacent to an activating group) is 1. The van der Waals surface area contributed by atoms with E-state index in [1.807, 2.05) is 21.1 Å². The quantitative estimate of drug-likeness (QED) is 0.0423. The van der Waals surface area contributed by atoms with Gasteiger partial charge in [-0.3, -0.25) is 4.79 Å². The van der Waals surface area contributed by atoms with Gasteiger partial charge in [-0.1, -0.05) is 142 Å². The van der Waals surface area contributed by atoms with E-state index in [0.717, 1.165) is 25.7 Å². The van der Waals surface area contributed by atoms with Crippen molar-refractivity contribution in [3.8, 4) is 0 Å². The number of ether oxygens (including phenoxy) is 2. The molecule has 0 saturated heterocycles. The molecule has 0 bridgehead atoms. The Hall–Kier alpha value is -0.730. The average molecular weight is 630 g/mol. The SMILES string of the molecule is CCCCCCCCCCCCCC(O)OCCN(CCOC(O)CCCCCCCCCCCCC)C(=O)C[N+](C)(C)C. The van der Waals surface area contributed by atoms with Gasteiger partial charge in [0.1, 0.15) is 0 Å². The zero-order chi connectivity index (χ0) is 32.7. The molecule has 7 nitrogen and oxygen atoms in total. The summed E-state index contributed by atoms with van der Waals surface area (Å²) in [6.45, 7) is 6.30. The van der Waals surface area contributed by atoms with Crippen LogP contribution in [0, 0.1) is 0 Å². The second-order valence-corrected chi connectivity index (χ2v) is 14.1. The topological polar surface area (TPSA) is 79.2 Å².